The standard InChI is InChI=1S/C9H18N2O3/c1-14-9(13)11-6-8(7-11)5-10-3-2-4-12/h8,10,12H,2-7H2,1H3. The van der Waals surface area contributed by atoms with E-state index < -0.39 is 0 Å². The van der Waals surface area contributed by atoms with Crippen molar-refractivity contribution in [2.24, 2.45) is 5.92 Å². The van der Waals surface area contributed by atoms with Crippen LogP contribution in [0, 0.1) is 5.92 Å². The van der Waals surface area contributed by atoms with Crippen molar-refractivity contribution in [1.82, 2.24) is 10.2 Å². The fourth-order valence-electron chi connectivity index (χ4n) is 1.49. The first-order valence-corrected chi connectivity index (χ1v) is 4.92. The van der Waals surface area contributed by atoms with Crippen LogP contribution in [0.5, 0.6) is 0 Å². The molecule has 0 bridgehead atoms. The maximum atomic E-state index is 11.0. The van der Waals surface area contributed by atoms with Gasteiger partial charge in [0.1, 0.15) is 0 Å². The third-order valence-electron chi connectivity index (χ3n) is 2.33. The Balaban J connectivity index is 1.96. The molecule has 0 aromatic rings. The van der Waals surface area contributed by atoms with E-state index >= 15 is 0 Å². The summed E-state index contributed by atoms with van der Waals surface area (Å²) in [5.41, 5.74) is 0. The lowest BCUT2D eigenvalue weighted by molar-refractivity contribution is 0.0675. The first-order valence-electron chi connectivity index (χ1n) is 4.92. The summed E-state index contributed by atoms with van der Waals surface area (Å²) < 4.78 is 4.58. The molecule has 2 N–H and O–H groups in total. The van der Waals surface area contributed by atoms with Gasteiger partial charge in [0.15, 0.2) is 0 Å². The van der Waals surface area contributed by atoms with Gasteiger partial charge in [-0.2, -0.15) is 0 Å². The van der Waals surface area contributed by atoms with E-state index in [2.05, 4.69) is 10.1 Å². The quantitative estimate of drug-likeness (QED) is 0.599. The molecule has 1 heterocycles. The maximum absolute atomic E-state index is 11.0. The number of aliphatic hydroxyl groups excluding tert-OH is 1. The van der Waals surface area contributed by atoms with Crippen LogP contribution < -0.4 is 5.32 Å². The van der Waals surface area contributed by atoms with Crippen LogP contribution in [0.2, 0.25) is 0 Å². The molecular formula is C9H18N2O3. The molecular weight excluding hydrogens is 184 g/mol. The second-order valence-electron chi connectivity index (χ2n) is 3.52. The van der Waals surface area contributed by atoms with Gasteiger partial charge in [0.25, 0.3) is 0 Å². The minimum absolute atomic E-state index is 0.228. The zero-order valence-electron chi connectivity index (χ0n) is 8.53. The van der Waals surface area contributed by atoms with Gasteiger partial charge in [-0.3, -0.25) is 0 Å². The first kappa shape index (κ1) is 11.3. The van der Waals surface area contributed by atoms with Gasteiger partial charge in [0.05, 0.1) is 7.11 Å². The van der Waals surface area contributed by atoms with Crippen LogP contribution in [-0.2, 0) is 4.74 Å². The molecule has 0 aromatic heterocycles. The number of nitrogens with zero attached hydrogens (tertiary/aromatic N) is 1. The number of aliphatic hydroxyl groups is 1. The van der Waals surface area contributed by atoms with Gasteiger partial charge < -0.3 is 20.1 Å². The molecule has 82 valence electrons. The van der Waals surface area contributed by atoms with E-state index in [1.54, 1.807) is 4.90 Å². The Bertz CT molecular complexity index is 181. The molecule has 1 saturated heterocycles. The second kappa shape index (κ2) is 5.82. The SMILES string of the molecule is COC(=O)N1CC(CNCCCO)C1. The highest BCUT2D eigenvalue weighted by molar-refractivity contribution is 5.68. The lowest BCUT2D eigenvalue weighted by atomic mass is 10.0. The van der Waals surface area contributed by atoms with Crippen molar-refractivity contribution in [1.29, 1.82) is 0 Å². The Morgan fingerprint density at radius 2 is 2.36 bits per heavy atom. The summed E-state index contributed by atoms with van der Waals surface area (Å²) in [6, 6.07) is 0. The Hall–Kier alpha value is -0.810. The number of carbonyl (C=O) groups excluding carboxylic acids is 1. The van der Waals surface area contributed by atoms with Crippen LogP contribution in [-0.4, -0.2) is 56.0 Å². The van der Waals surface area contributed by atoms with Crippen molar-refractivity contribution in [3.63, 3.8) is 0 Å². The highest BCUT2D eigenvalue weighted by atomic mass is 16.5. The molecule has 1 aliphatic rings. The predicted molar refractivity (Wildman–Crippen MR) is 52.0 cm³/mol. The lowest BCUT2D eigenvalue weighted by Gasteiger charge is -2.38. The molecule has 1 amide bonds. The van der Waals surface area contributed by atoms with Gasteiger partial charge in [-0.05, 0) is 13.0 Å². The van der Waals surface area contributed by atoms with Crippen molar-refractivity contribution in [2.45, 2.75) is 6.42 Å². The summed E-state index contributed by atoms with van der Waals surface area (Å²) in [4.78, 5) is 12.6. The van der Waals surface area contributed by atoms with Gasteiger partial charge in [-0.1, -0.05) is 0 Å². The molecule has 5 heteroatoms. The molecule has 1 fully saturated rings. The third kappa shape index (κ3) is 3.16. The minimum Gasteiger partial charge on any atom is -0.453 e. The highest BCUT2D eigenvalue weighted by Crippen LogP contribution is 2.14. The van der Waals surface area contributed by atoms with Crippen molar-refractivity contribution in [3.8, 4) is 0 Å². The van der Waals surface area contributed by atoms with Crippen LogP contribution in [0.25, 0.3) is 0 Å². The van der Waals surface area contributed by atoms with E-state index in [-0.39, 0.29) is 12.7 Å². The Morgan fingerprint density at radius 3 is 2.93 bits per heavy atom. The maximum Gasteiger partial charge on any atom is 0.409 e. The zero-order valence-corrected chi connectivity index (χ0v) is 8.53. The van der Waals surface area contributed by atoms with E-state index in [9.17, 15) is 4.79 Å². The summed E-state index contributed by atoms with van der Waals surface area (Å²) in [5.74, 6) is 0.535. The normalized spacial score (nSPS) is 16.6. The number of rotatable bonds is 5. The average Bonchev–Trinajstić information content (AvgIpc) is 2.14. The van der Waals surface area contributed by atoms with E-state index in [0.717, 1.165) is 32.6 Å². The predicted octanol–water partition coefficient (Wildman–Crippen LogP) is -0.343. The van der Waals surface area contributed by atoms with Crippen LogP contribution in [0.1, 0.15) is 6.42 Å². The smallest absolute Gasteiger partial charge is 0.409 e. The third-order valence-corrected chi connectivity index (χ3v) is 2.33. The number of amides is 1. The summed E-state index contributed by atoms with van der Waals surface area (Å²) in [7, 11) is 1.40. The van der Waals surface area contributed by atoms with Crippen molar-refractivity contribution >= 4 is 6.09 Å². The molecule has 0 spiro atoms. The average molecular weight is 202 g/mol. The zero-order chi connectivity index (χ0) is 10.4. The van der Waals surface area contributed by atoms with Crippen molar-refractivity contribution in [3.05, 3.63) is 0 Å². The highest BCUT2D eigenvalue weighted by Gasteiger charge is 2.30. The van der Waals surface area contributed by atoms with Gasteiger partial charge in [0, 0.05) is 32.2 Å². The molecule has 1 aliphatic heterocycles. The van der Waals surface area contributed by atoms with E-state index in [0.29, 0.717) is 5.92 Å². The number of nitrogens with one attached hydrogen (secondary N) is 1. The van der Waals surface area contributed by atoms with E-state index in [1.807, 2.05) is 0 Å². The summed E-state index contributed by atoms with van der Waals surface area (Å²) in [5, 5.41) is 11.8. The Labute approximate surface area is 84.0 Å². The molecule has 0 unspecified atom stereocenters. The minimum atomic E-state index is -0.239. The molecule has 0 saturated carbocycles. The van der Waals surface area contributed by atoms with Gasteiger partial charge in [0.2, 0.25) is 0 Å². The Morgan fingerprint density at radius 1 is 1.64 bits per heavy atom. The second-order valence-corrected chi connectivity index (χ2v) is 3.52. The molecule has 14 heavy (non-hydrogen) atoms. The summed E-state index contributed by atoms with van der Waals surface area (Å²) >= 11 is 0. The van der Waals surface area contributed by atoms with Crippen LogP contribution in [0.4, 0.5) is 4.79 Å². The number of ether oxygens (including phenoxy) is 1. The number of carbonyl (C=O) groups is 1. The fraction of sp³-hybridized carbons (Fsp3) is 0.889. The van der Waals surface area contributed by atoms with Crippen LogP contribution in [0.3, 0.4) is 0 Å². The van der Waals surface area contributed by atoms with Gasteiger partial charge in [-0.15, -0.1) is 0 Å². The van der Waals surface area contributed by atoms with E-state index in [1.165, 1.54) is 7.11 Å². The number of likely N-dealkylation sites (tertiary alicyclic amines) is 1. The van der Waals surface area contributed by atoms with Crippen molar-refractivity contribution in [2.75, 3.05) is 39.9 Å². The first-order chi connectivity index (χ1) is 6.77. The molecule has 0 radical (unpaired) electrons. The molecule has 0 aromatic carbocycles. The molecule has 1 rings (SSSR count). The van der Waals surface area contributed by atoms with Gasteiger partial charge in [-0.25, -0.2) is 4.79 Å². The molecule has 5 nitrogen and oxygen atoms in total. The fourth-order valence-corrected chi connectivity index (χ4v) is 1.49. The number of methoxy groups -OCH3 is 1. The Kier molecular flexibility index (Phi) is 4.69. The van der Waals surface area contributed by atoms with Crippen LogP contribution in [0.15, 0.2) is 0 Å². The van der Waals surface area contributed by atoms with Gasteiger partial charge >= 0.3 is 6.09 Å². The summed E-state index contributed by atoms with van der Waals surface area (Å²) in [6.45, 7) is 3.53. The lowest BCUT2D eigenvalue weighted by Crippen LogP contribution is -2.53. The number of hydrogen-bond acceptors (Lipinski definition) is 4. The topological polar surface area (TPSA) is 61.8 Å². The monoisotopic (exact) mass is 202 g/mol. The molecule has 0 atom stereocenters. The van der Waals surface area contributed by atoms with Crippen LogP contribution >= 0.6 is 0 Å². The molecule has 0 aliphatic carbocycles. The van der Waals surface area contributed by atoms with E-state index in [4.69, 9.17) is 5.11 Å². The largest absolute Gasteiger partial charge is 0.453 e. The van der Waals surface area contributed by atoms with Crippen molar-refractivity contribution < 1.29 is 14.6 Å². The summed E-state index contributed by atoms with van der Waals surface area (Å²) in [6.07, 6.45) is 0.546. The number of hydrogen-bond donors (Lipinski definition) is 2.